The summed E-state index contributed by atoms with van der Waals surface area (Å²) in [6.45, 7) is 8.60. The zero-order valence-electron chi connectivity index (χ0n) is 14.4. The van der Waals surface area contributed by atoms with Gasteiger partial charge in [0.25, 0.3) is 0 Å². The van der Waals surface area contributed by atoms with Crippen LogP contribution in [0.15, 0.2) is 12.3 Å². The number of morpholine rings is 1. The molecule has 0 N–H and O–H groups in total. The highest BCUT2D eigenvalue weighted by molar-refractivity contribution is 5.79. The second kappa shape index (κ2) is 7.67. The lowest BCUT2D eigenvalue weighted by atomic mass is 9.94. The van der Waals surface area contributed by atoms with Gasteiger partial charge >= 0.3 is 0 Å². The van der Waals surface area contributed by atoms with Crippen molar-refractivity contribution in [2.75, 3.05) is 32.7 Å². The molecule has 5 heteroatoms. The lowest BCUT2D eigenvalue weighted by molar-refractivity contribution is -0.149. The van der Waals surface area contributed by atoms with Gasteiger partial charge in [0.2, 0.25) is 5.91 Å². The van der Waals surface area contributed by atoms with Crippen LogP contribution in [0.4, 0.5) is 0 Å². The largest absolute Gasteiger partial charge is 0.497 e. The Labute approximate surface area is 139 Å². The van der Waals surface area contributed by atoms with Gasteiger partial charge in [0.1, 0.15) is 6.10 Å². The summed E-state index contributed by atoms with van der Waals surface area (Å²) in [6.07, 6.45) is 8.73. The molecule has 0 saturated carbocycles. The number of piperidine rings is 1. The van der Waals surface area contributed by atoms with Crippen molar-refractivity contribution in [3.8, 4) is 0 Å². The Morgan fingerprint density at radius 2 is 1.83 bits per heavy atom. The van der Waals surface area contributed by atoms with Crippen LogP contribution in [0.5, 0.6) is 0 Å². The number of amides is 1. The lowest BCUT2D eigenvalue weighted by Crippen LogP contribution is -2.51. The van der Waals surface area contributed by atoms with Gasteiger partial charge in [-0.2, -0.15) is 0 Å². The topological polar surface area (TPSA) is 42.0 Å². The molecule has 3 aliphatic heterocycles. The average molecular weight is 322 g/mol. The molecule has 0 bridgehead atoms. The van der Waals surface area contributed by atoms with Crippen LogP contribution >= 0.6 is 0 Å². The second-order valence-electron chi connectivity index (χ2n) is 7.28. The van der Waals surface area contributed by atoms with Gasteiger partial charge in [0.05, 0.1) is 18.5 Å². The summed E-state index contributed by atoms with van der Waals surface area (Å²) in [5.74, 6) is 0.527. The molecule has 0 aromatic rings. The van der Waals surface area contributed by atoms with Gasteiger partial charge in [-0.3, -0.25) is 9.69 Å². The number of carbonyl (C=O) groups is 1. The van der Waals surface area contributed by atoms with Crippen LogP contribution < -0.4 is 0 Å². The van der Waals surface area contributed by atoms with Crippen molar-refractivity contribution in [1.82, 2.24) is 9.80 Å². The van der Waals surface area contributed by atoms with Crippen molar-refractivity contribution in [3.05, 3.63) is 12.3 Å². The molecule has 0 spiro atoms. The Balaban J connectivity index is 1.44. The van der Waals surface area contributed by atoms with Gasteiger partial charge in [-0.25, -0.2) is 0 Å². The van der Waals surface area contributed by atoms with Crippen molar-refractivity contribution in [1.29, 1.82) is 0 Å². The van der Waals surface area contributed by atoms with Crippen molar-refractivity contribution in [3.63, 3.8) is 0 Å². The molecule has 2 saturated heterocycles. The van der Waals surface area contributed by atoms with Gasteiger partial charge in [0.15, 0.2) is 0 Å². The summed E-state index contributed by atoms with van der Waals surface area (Å²) in [7, 11) is 0. The smallest absolute Gasteiger partial charge is 0.225 e. The number of allylic oxidation sites excluding steroid dienone is 1. The lowest BCUT2D eigenvalue weighted by Gasteiger charge is -2.39. The maximum absolute atomic E-state index is 12.8. The number of likely N-dealkylation sites (tertiary alicyclic amines) is 1. The Morgan fingerprint density at radius 1 is 1.13 bits per heavy atom. The molecule has 1 amide bonds. The highest BCUT2D eigenvalue weighted by Crippen LogP contribution is 2.23. The van der Waals surface area contributed by atoms with E-state index in [9.17, 15) is 4.79 Å². The standard InChI is InChI=1S/C18H30N2O3/c1-14-11-20(12-15(2)23-14)18(21)16-6-8-19(9-7-16)13-17-5-3-4-10-22-17/h4,10,14-17H,3,5-9,11-13H2,1-2H3/t14-,15+,17-/m0/s1. The van der Waals surface area contributed by atoms with E-state index in [2.05, 4.69) is 24.8 Å². The summed E-state index contributed by atoms with van der Waals surface area (Å²) in [5, 5.41) is 0. The van der Waals surface area contributed by atoms with Gasteiger partial charge in [-0.05, 0) is 58.7 Å². The van der Waals surface area contributed by atoms with Gasteiger partial charge in [-0.1, -0.05) is 0 Å². The zero-order chi connectivity index (χ0) is 16.2. The minimum atomic E-state index is 0.152. The van der Waals surface area contributed by atoms with Gasteiger partial charge < -0.3 is 14.4 Å². The van der Waals surface area contributed by atoms with E-state index in [1.54, 1.807) is 0 Å². The monoisotopic (exact) mass is 322 g/mol. The molecule has 3 rings (SSSR count). The number of hydrogen-bond acceptors (Lipinski definition) is 4. The molecule has 0 aromatic carbocycles. The summed E-state index contributed by atoms with van der Waals surface area (Å²) in [5.41, 5.74) is 0. The van der Waals surface area contributed by atoms with E-state index in [0.717, 1.165) is 58.4 Å². The molecule has 0 aromatic heterocycles. The molecule has 3 aliphatic rings. The van der Waals surface area contributed by atoms with Crippen molar-refractivity contribution in [2.24, 2.45) is 5.92 Å². The Bertz CT molecular complexity index is 422. The van der Waals surface area contributed by atoms with Crippen LogP contribution in [-0.4, -0.2) is 66.7 Å². The van der Waals surface area contributed by atoms with Crippen LogP contribution in [0.3, 0.4) is 0 Å². The first-order chi connectivity index (χ1) is 11.1. The van der Waals surface area contributed by atoms with Crippen LogP contribution in [0, 0.1) is 5.92 Å². The van der Waals surface area contributed by atoms with Gasteiger partial charge in [0, 0.05) is 25.6 Å². The summed E-state index contributed by atoms with van der Waals surface area (Å²) in [6, 6.07) is 0. The molecular weight excluding hydrogens is 292 g/mol. The van der Waals surface area contributed by atoms with E-state index < -0.39 is 0 Å². The molecule has 3 heterocycles. The predicted octanol–water partition coefficient (Wildman–Crippen LogP) is 2.03. The first-order valence-electron chi connectivity index (χ1n) is 9.09. The van der Waals surface area contributed by atoms with E-state index in [0.29, 0.717) is 12.0 Å². The third kappa shape index (κ3) is 4.48. The van der Waals surface area contributed by atoms with E-state index >= 15 is 0 Å². The molecule has 0 radical (unpaired) electrons. The molecule has 23 heavy (non-hydrogen) atoms. The normalized spacial score (nSPS) is 33.5. The predicted molar refractivity (Wildman–Crippen MR) is 89.0 cm³/mol. The van der Waals surface area contributed by atoms with E-state index in [1.165, 1.54) is 0 Å². The molecule has 3 atom stereocenters. The summed E-state index contributed by atoms with van der Waals surface area (Å²) in [4.78, 5) is 17.2. The van der Waals surface area contributed by atoms with Gasteiger partial charge in [-0.15, -0.1) is 0 Å². The maximum atomic E-state index is 12.8. The van der Waals surface area contributed by atoms with Crippen molar-refractivity contribution >= 4 is 5.91 Å². The minimum absolute atomic E-state index is 0.152. The van der Waals surface area contributed by atoms with Crippen molar-refractivity contribution < 1.29 is 14.3 Å². The second-order valence-corrected chi connectivity index (χ2v) is 7.28. The quantitative estimate of drug-likeness (QED) is 0.797. The fraction of sp³-hybridized carbons (Fsp3) is 0.833. The number of carbonyl (C=O) groups excluding carboxylic acids is 1. The molecule has 5 nitrogen and oxygen atoms in total. The summed E-state index contributed by atoms with van der Waals surface area (Å²) >= 11 is 0. The van der Waals surface area contributed by atoms with Crippen LogP contribution in [-0.2, 0) is 14.3 Å². The van der Waals surface area contributed by atoms with Crippen LogP contribution in [0.1, 0.15) is 39.5 Å². The Hall–Kier alpha value is -1.07. The average Bonchev–Trinajstić information content (AvgIpc) is 2.55. The van der Waals surface area contributed by atoms with Crippen LogP contribution in [0.2, 0.25) is 0 Å². The molecule has 130 valence electrons. The fourth-order valence-electron chi connectivity index (χ4n) is 3.99. The maximum Gasteiger partial charge on any atom is 0.225 e. The number of ether oxygens (including phenoxy) is 2. The van der Waals surface area contributed by atoms with E-state index in [4.69, 9.17) is 9.47 Å². The highest BCUT2D eigenvalue weighted by Gasteiger charge is 2.33. The Kier molecular flexibility index (Phi) is 5.59. The minimum Gasteiger partial charge on any atom is -0.497 e. The van der Waals surface area contributed by atoms with E-state index in [1.807, 2.05) is 11.2 Å². The Morgan fingerprint density at radius 3 is 2.43 bits per heavy atom. The molecule has 0 unspecified atom stereocenters. The zero-order valence-corrected chi connectivity index (χ0v) is 14.4. The third-order valence-electron chi connectivity index (χ3n) is 5.15. The SMILES string of the molecule is C[C@@H]1CN(C(=O)C2CCN(C[C@@H]3CCC=CO3)CC2)C[C@H](C)O1. The number of rotatable bonds is 3. The number of hydrogen-bond donors (Lipinski definition) is 0. The fourth-order valence-corrected chi connectivity index (χ4v) is 3.99. The number of nitrogens with zero attached hydrogens (tertiary/aromatic N) is 2. The first kappa shape index (κ1) is 16.8. The first-order valence-corrected chi connectivity index (χ1v) is 9.09. The van der Waals surface area contributed by atoms with E-state index in [-0.39, 0.29) is 18.1 Å². The van der Waals surface area contributed by atoms with Crippen LogP contribution in [0.25, 0.3) is 0 Å². The van der Waals surface area contributed by atoms with Crippen molar-refractivity contribution in [2.45, 2.75) is 57.8 Å². The highest BCUT2D eigenvalue weighted by atomic mass is 16.5. The summed E-state index contributed by atoms with van der Waals surface area (Å²) < 4.78 is 11.4. The molecule has 0 aliphatic carbocycles. The molecular formula is C18H30N2O3. The third-order valence-corrected chi connectivity index (χ3v) is 5.15. The molecule has 2 fully saturated rings.